The summed E-state index contributed by atoms with van der Waals surface area (Å²) in [6.45, 7) is 0. The van der Waals surface area contributed by atoms with Gasteiger partial charge in [-0.1, -0.05) is 6.07 Å². The number of nitrogens with zero attached hydrogens (tertiary/aromatic N) is 2. The van der Waals surface area contributed by atoms with E-state index in [1.807, 2.05) is 30.3 Å². The van der Waals surface area contributed by atoms with E-state index in [-0.39, 0.29) is 0 Å². The van der Waals surface area contributed by atoms with Crippen LogP contribution in [-0.2, 0) is 0 Å². The molecule has 0 aliphatic carbocycles. The fourth-order valence-corrected chi connectivity index (χ4v) is 2.16. The maximum absolute atomic E-state index is 8.75. The van der Waals surface area contributed by atoms with Crippen LogP contribution >= 0.6 is 15.9 Å². The van der Waals surface area contributed by atoms with E-state index in [2.05, 4.69) is 27.0 Å². The summed E-state index contributed by atoms with van der Waals surface area (Å²) in [5.41, 5.74) is 3.02. The van der Waals surface area contributed by atoms with Gasteiger partial charge in [0.1, 0.15) is 5.52 Å². The zero-order chi connectivity index (χ0) is 12.5. The summed E-state index contributed by atoms with van der Waals surface area (Å²) in [5.74, 6) is 0.557. The minimum absolute atomic E-state index is 0.557. The number of rotatable bonds is 1. The van der Waals surface area contributed by atoms with Gasteiger partial charge in [-0.25, -0.2) is 4.98 Å². The topological polar surface area (TPSA) is 49.8 Å². The molecule has 0 N–H and O–H groups in total. The molecule has 3 rings (SSSR count). The first-order valence-corrected chi connectivity index (χ1v) is 6.13. The molecule has 1 aromatic heterocycles. The summed E-state index contributed by atoms with van der Waals surface area (Å²) in [6.07, 6.45) is 0. The van der Waals surface area contributed by atoms with Gasteiger partial charge in [-0.05, 0) is 52.3 Å². The van der Waals surface area contributed by atoms with Gasteiger partial charge in [-0.2, -0.15) is 5.26 Å². The van der Waals surface area contributed by atoms with Gasteiger partial charge in [0, 0.05) is 10.0 Å². The zero-order valence-electron chi connectivity index (χ0n) is 9.22. The van der Waals surface area contributed by atoms with Crippen molar-refractivity contribution in [3.8, 4) is 17.5 Å². The molecule has 0 aliphatic rings. The number of benzene rings is 2. The van der Waals surface area contributed by atoms with Gasteiger partial charge in [0.05, 0.1) is 11.6 Å². The van der Waals surface area contributed by atoms with Crippen LogP contribution in [0.4, 0.5) is 0 Å². The van der Waals surface area contributed by atoms with Crippen LogP contribution in [0.15, 0.2) is 51.4 Å². The number of halogens is 1. The Kier molecular flexibility index (Phi) is 2.62. The lowest BCUT2D eigenvalue weighted by atomic mass is 10.1. The molecular formula is C14H7BrN2O. The molecule has 0 spiro atoms. The van der Waals surface area contributed by atoms with Gasteiger partial charge >= 0.3 is 0 Å². The molecule has 0 bridgehead atoms. The van der Waals surface area contributed by atoms with Crippen molar-refractivity contribution in [2.75, 3.05) is 0 Å². The number of aromatic nitrogens is 1. The zero-order valence-corrected chi connectivity index (χ0v) is 10.8. The Bertz CT molecular complexity index is 754. The van der Waals surface area contributed by atoms with Crippen LogP contribution in [0.25, 0.3) is 22.6 Å². The number of nitriles is 1. The molecule has 3 aromatic rings. The third-order valence-electron chi connectivity index (χ3n) is 2.63. The van der Waals surface area contributed by atoms with Crippen molar-refractivity contribution in [3.63, 3.8) is 0 Å². The van der Waals surface area contributed by atoms with E-state index >= 15 is 0 Å². The van der Waals surface area contributed by atoms with Crippen molar-refractivity contribution in [2.45, 2.75) is 0 Å². The van der Waals surface area contributed by atoms with Gasteiger partial charge < -0.3 is 4.42 Å². The second-order valence-corrected chi connectivity index (χ2v) is 4.65. The first kappa shape index (κ1) is 11.0. The third-order valence-corrected chi connectivity index (χ3v) is 3.27. The van der Waals surface area contributed by atoms with Crippen LogP contribution < -0.4 is 0 Å². The monoisotopic (exact) mass is 298 g/mol. The number of oxazole rings is 1. The lowest BCUT2D eigenvalue weighted by Crippen LogP contribution is -1.78. The molecule has 0 radical (unpaired) electrons. The van der Waals surface area contributed by atoms with Crippen LogP contribution in [0.5, 0.6) is 0 Å². The maximum Gasteiger partial charge on any atom is 0.227 e. The van der Waals surface area contributed by atoms with Gasteiger partial charge in [-0.3, -0.25) is 0 Å². The SMILES string of the molecule is N#Cc1ccc(-c2nc3c(Br)cccc3o2)cc1. The van der Waals surface area contributed by atoms with Crippen molar-refractivity contribution in [2.24, 2.45) is 0 Å². The lowest BCUT2D eigenvalue weighted by Gasteiger charge is -1.93. The molecule has 4 heteroatoms. The van der Waals surface area contributed by atoms with Crippen LogP contribution in [0.1, 0.15) is 5.56 Å². The average Bonchev–Trinajstić information content (AvgIpc) is 2.84. The Labute approximate surface area is 112 Å². The summed E-state index contributed by atoms with van der Waals surface area (Å²) >= 11 is 3.44. The quantitative estimate of drug-likeness (QED) is 0.679. The van der Waals surface area contributed by atoms with Crippen LogP contribution in [-0.4, -0.2) is 4.98 Å². The predicted molar refractivity (Wildman–Crippen MR) is 71.9 cm³/mol. The van der Waals surface area contributed by atoms with Gasteiger partial charge in [0.25, 0.3) is 0 Å². The van der Waals surface area contributed by atoms with E-state index in [1.54, 1.807) is 12.1 Å². The number of fused-ring (bicyclic) bond motifs is 1. The molecule has 0 unspecified atom stereocenters. The van der Waals surface area contributed by atoms with Gasteiger partial charge in [0.2, 0.25) is 5.89 Å². The Hall–Kier alpha value is -2.12. The van der Waals surface area contributed by atoms with Crippen molar-refractivity contribution in [1.29, 1.82) is 5.26 Å². The van der Waals surface area contributed by atoms with E-state index < -0.39 is 0 Å². The van der Waals surface area contributed by atoms with Gasteiger partial charge in [0.15, 0.2) is 5.58 Å². The smallest absolute Gasteiger partial charge is 0.227 e. The average molecular weight is 299 g/mol. The molecule has 2 aromatic carbocycles. The fourth-order valence-electron chi connectivity index (χ4n) is 1.73. The number of hydrogen-bond donors (Lipinski definition) is 0. The Morgan fingerprint density at radius 2 is 1.89 bits per heavy atom. The minimum atomic E-state index is 0.557. The highest BCUT2D eigenvalue weighted by atomic mass is 79.9. The number of para-hydroxylation sites is 1. The predicted octanol–water partition coefficient (Wildman–Crippen LogP) is 4.13. The molecule has 0 amide bonds. The molecule has 86 valence electrons. The minimum Gasteiger partial charge on any atom is -0.436 e. The Balaban J connectivity index is 2.14. The summed E-state index contributed by atoms with van der Waals surface area (Å²) in [6, 6.07) is 14.9. The third kappa shape index (κ3) is 1.79. The first-order chi connectivity index (χ1) is 8.78. The van der Waals surface area contributed by atoms with E-state index in [1.165, 1.54) is 0 Å². The first-order valence-electron chi connectivity index (χ1n) is 5.33. The Morgan fingerprint density at radius 3 is 2.56 bits per heavy atom. The molecule has 3 nitrogen and oxygen atoms in total. The van der Waals surface area contributed by atoms with Crippen LogP contribution in [0.2, 0.25) is 0 Å². The van der Waals surface area contributed by atoms with Crippen molar-refractivity contribution >= 4 is 27.0 Å². The lowest BCUT2D eigenvalue weighted by molar-refractivity contribution is 0.620. The molecule has 0 aliphatic heterocycles. The molecule has 0 fully saturated rings. The molecule has 0 saturated heterocycles. The maximum atomic E-state index is 8.75. The van der Waals surface area contributed by atoms with E-state index in [0.29, 0.717) is 11.5 Å². The summed E-state index contributed by atoms with van der Waals surface area (Å²) in [5, 5.41) is 8.75. The van der Waals surface area contributed by atoms with Crippen LogP contribution in [0.3, 0.4) is 0 Å². The second-order valence-electron chi connectivity index (χ2n) is 3.79. The van der Waals surface area contributed by atoms with Crippen molar-refractivity contribution < 1.29 is 4.42 Å². The van der Waals surface area contributed by atoms with Gasteiger partial charge in [-0.15, -0.1) is 0 Å². The Morgan fingerprint density at radius 1 is 1.11 bits per heavy atom. The van der Waals surface area contributed by atoms with Crippen LogP contribution in [0, 0.1) is 11.3 Å². The summed E-state index contributed by atoms with van der Waals surface area (Å²) in [7, 11) is 0. The second kappa shape index (κ2) is 4.28. The normalized spacial score (nSPS) is 10.4. The highest BCUT2D eigenvalue weighted by Crippen LogP contribution is 2.28. The van der Waals surface area contributed by atoms with Crippen molar-refractivity contribution in [3.05, 3.63) is 52.5 Å². The summed E-state index contributed by atoms with van der Waals surface area (Å²) < 4.78 is 6.59. The van der Waals surface area contributed by atoms with E-state index in [0.717, 1.165) is 21.1 Å². The molecule has 0 saturated carbocycles. The standard InChI is InChI=1S/C14H7BrN2O/c15-11-2-1-3-12-13(11)17-14(18-12)10-6-4-9(8-16)5-7-10/h1-7H. The highest BCUT2D eigenvalue weighted by Gasteiger charge is 2.09. The molecular weight excluding hydrogens is 292 g/mol. The van der Waals surface area contributed by atoms with E-state index in [4.69, 9.17) is 9.68 Å². The number of hydrogen-bond acceptors (Lipinski definition) is 3. The molecule has 18 heavy (non-hydrogen) atoms. The molecule has 1 heterocycles. The van der Waals surface area contributed by atoms with E-state index in [9.17, 15) is 0 Å². The fraction of sp³-hybridized carbons (Fsp3) is 0. The summed E-state index contributed by atoms with van der Waals surface area (Å²) in [4.78, 5) is 4.44. The highest BCUT2D eigenvalue weighted by molar-refractivity contribution is 9.10. The molecule has 0 atom stereocenters. The van der Waals surface area contributed by atoms with Crippen molar-refractivity contribution in [1.82, 2.24) is 4.98 Å². The largest absolute Gasteiger partial charge is 0.436 e.